The number of aromatic nitrogens is 1. The Balaban J connectivity index is 2.11. The highest BCUT2D eigenvalue weighted by Crippen LogP contribution is 2.26. The average molecular weight is 269 g/mol. The van der Waals surface area contributed by atoms with Gasteiger partial charge < -0.3 is 10.1 Å². The number of nitrogens with one attached hydrogen (secondary N) is 1. The Morgan fingerprint density at radius 2 is 2.39 bits per heavy atom. The second-order valence-electron chi connectivity index (χ2n) is 5.30. The normalized spacial score (nSPS) is 20.8. The van der Waals surface area contributed by atoms with Crippen molar-refractivity contribution < 1.29 is 9.53 Å². The van der Waals surface area contributed by atoms with Crippen LogP contribution < -0.4 is 5.32 Å². The number of carbonyl (C=O) groups excluding carboxylic acids is 1. The first-order valence-corrected chi connectivity index (χ1v) is 6.94. The maximum absolute atomic E-state index is 12.2. The summed E-state index contributed by atoms with van der Waals surface area (Å²) in [5, 5.41) is 3.30. The van der Waals surface area contributed by atoms with Gasteiger partial charge in [0.25, 0.3) is 0 Å². The number of rotatable bonds is 1. The van der Waals surface area contributed by atoms with Gasteiger partial charge in [-0.25, -0.2) is 4.79 Å². The average Bonchev–Trinajstić information content (AvgIpc) is 2.80. The Kier molecular flexibility index (Phi) is 3.87. The predicted octanol–water partition coefficient (Wildman–Crippen LogP) is 2.02. The van der Waals surface area contributed by atoms with Crippen LogP contribution in [0.15, 0.2) is 11.7 Å². The van der Waals surface area contributed by atoms with Crippen LogP contribution in [0, 0.1) is 0 Å². The number of thiazole rings is 1. The van der Waals surface area contributed by atoms with E-state index in [4.69, 9.17) is 4.74 Å². The van der Waals surface area contributed by atoms with Crippen molar-refractivity contribution in [2.24, 2.45) is 0 Å². The van der Waals surface area contributed by atoms with E-state index in [0.29, 0.717) is 6.54 Å². The predicted molar refractivity (Wildman–Crippen MR) is 70.7 cm³/mol. The van der Waals surface area contributed by atoms with Gasteiger partial charge in [0.1, 0.15) is 5.60 Å². The summed E-state index contributed by atoms with van der Waals surface area (Å²) >= 11 is 1.57. The molecule has 6 heteroatoms. The monoisotopic (exact) mass is 269 g/mol. The van der Waals surface area contributed by atoms with Gasteiger partial charge >= 0.3 is 6.09 Å². The molecule has 0 spiro atoms. The largest absolute Gasteiger partial charge is 0.444 e. The summed E-state index contributed by atoms with van der Waals surface area (Å²) in [6, 6.07) is 0.0288. The van der Waals surface area contributed by atoms with Crippen molar-refractivity contribution in [2.45, 2.75) is 32.4 Å². The molecule has 5 nitrogen and oxygen atoms in total. The molecule has 1 aliphatic rings. The van der Waals surface area contributed by atoms with Crippen molar-refractivity contribution in [1.29, 1.82) is 0 Å². The molecule has 1 aromatic rings. The van der Waals surface area contributed by atoms with Crippen molar-refractivity contribution in [3.8, 4) is 0 Å². The fourth-order valence-electron chi connectivity index (χ4n) is 1.89. The van der Waals surface area contributed by atoms with Gasteiger partial charge in [0.2, 0.25) is 0 Å². The van der Waals surface area contributed by atoms with Crippen LogP contribution in [-0.4, -0.2) is 41.2 Å². The van der Waals surface area contributed by atoms with E-state index in [0.717, 1.165) is 18.0 Å². The molecule has 0 saturated carbocycles. The number of piperazine rings is 1. The molecule has 18 heavy (non-hydrogen) atoms. The lowest BCUT2D eigenvalue weighted by Crippen LogP contribution is -2.49. The molecule has 1 atom stereocenters. The standard InChI is InChI=1S/C12H19N3O2S/c1-12(2,3)17-11(16)15-5-4-13-6-9(15)10-7-14-8-18-10/h7-9,13H,4-6H2,1-3H3. The third kappa shape index (κ3) is 3.20. The van der Waals surface area contributed by atoms with E-state index in [2.05, 4.69) is 10.3 Å². The molecular weight excluding hydrogens is 250 g/mol. The van der Waals surface area contributed by atoms with Crippen molar-refractivity contribution in [1.82, 2.24) is 15.2 Å². The van der Waals surface area contributed by atoms with Crippen LogP contribution in [0.5, 0.6) is 0 Å². The lowest BCUT2D eigenvalue weighted by atomic mass is 10.1. The molecular formula is C12H19N3O2S. The van der Waals surface area contributed by atoms with Crippen molar-refractivity contribution in [3.05, 3.63) is 16.6 Å². The zero-order valence-electron chi connectivity index (χ0n) is 11.0. The molecule has 0 aromatic carbocycles. The second-order valence-corrected chi connectivity index (χ2v) is 6.22. The topological polar surface area (TPSA) is 54.5 Å². The number of amides is 1. The summed E-state index contributed by atoms with van der Waals surface area (Å²) in [4.78, 5) is 19.1. The van der Waals surface area contributed by atoms with Gasteiger partial charge in [-0.05, 0) is 20.8 Å². The number of carbonyl (C=O) groups is 1. The molecule has 1 amide bonds. The molecule has 0 bridgehead atoms. The lowest BCUT2D eigenvalue weighted by Gasteiger charge is -2.36. The minimum atomic E-state index is -0.458. The smallest absolute Gasteiger partial charge is 0.410 e. The van der Waals surface area contributed by atoms with Crippen molar-refractivity contribution >= 4 is 17.4 Å². The van der Waals surface area contributed by atoms with Crippen LogP contribution in [0.25, 0.3) is 0 Å². The number of hydrogen-bond donors (Lipinski definition) is 1. The van der Waals surface area contributed by atoms with E-state index >= 15 is 0 Å². The highest BCUT2D eigenvalue weighted by Gasteiger charge is 2.31. The molecule has 1 saturated heterocycles. The first-order valence-electron chi connectivity index (χ1n) is 6.06. The Morgan fingerprint density at radius 1 is 1.61 bits per heavy atom. The Morgan fingerprint density at radius 3 is 3.00 bits per heavy atom. The summed E-state index contributed by atoms with van der Waals surface area (Å²) in [5.74, 6) is 0. The van der Waals surface area contributed by atoms with Crippen LogP contribution in [-0.2, 0) is 4.74 Å². The summed E-state index contributed by atoms with van der Waals surface area (Å²) < 4.78 is 5.45. The van der Waals surface area contributed by atoms with Crippen molar-refractivity contribution in [2.75, 3.05) is 19.6 Å². The molecule has 1 unspecified atom stereocenters. The maximum atomic E-state index is 12.2. The van der Waals surface area contributed by atoms with E-state index in [9.17, 15) is 4.79 Å². The van der Waals surface area contributed by atoms with Gasteiger partial charge in [-0.1, -0.05) is 0 Å². The fourth-order valence-corrected chi connectivity index (χ4v) is 2.62. The third-order valence-electron chi connectivity index (χ3n) is 2.65. The number of ether oxygens (including phenoxy) is 1. The van der Waals surface area contributed by atoms with Gasteiger partial charge in [-0.3, -0.25) is 9.88 Å². The molecule has 1 N–H and O–H groups in total. The first-order chi connectivity index (χ1) is 8.47. The highest BCUT2D eigenvalue weighted by atomic mass is 32.1. The van der Waals surface area contributed by atoms with Crippen LogP contribution in [0.3, 0.4) is 0 Å². The minimum Gasteiger partial charge on any atom is -0.444 e. The molecule has 100 valence electrons. The fraction of sp³-hybridized carbons (Fsp3) is 0.667. The molecule has 2 heterocycles. The maximum Gasteiger partial charge on any atom is 0.410 e. The molecule has 2 rings (SSSR count). The van der Waals surface area contributed by atoms with Gasteiger partial charge in [0.05, 0.1) is 11.6 Å². The van der Waals surface area contributed by atoms with E-state index < -0.39 is 5.60 Å². The van der Waals surface area contributed by atoms with Gasteiger partial charge in [-0.2, -0.15) is 0 Å². The molecule has 1 aliphatic heterocycles. The van der Waals surface area contributed by atoms with Crippen LogP contribution in [0.2, 0.25) is 0 Å². The quantitative estimate of drug-likeness (QED) is 0.847. The minimum absolute atomic E-state index is 0.0288. The van der Waals surface area contributed by atoms with E-state index in [1.807, 2.05) is 27.0 Å². The van der Waals surface area contributed by atoms with Crippen molar-refractivity contribution in [3.63, 3.8) is 0 Å². The number of nitrogens with zero attached hydrogens (tertiary/aromatic N) is 2. The van der Waals surface area contributed by atoms with E-state index in [1.54, 1.807) is 21.7 Å². The molecule has 0 aliphatic carbocycles. The van der Waals surface area contributed by atoms with Crippen LogP contribution in [0.4, 0.5) is 4.79 Å². The Hall–Kier alpha value is -1.14. The van der Waals surface area contributed by atoms with E-state index in [1.165, 1.54) is 0 Å². The first kappa shape index (κ1) is 13.3. The highest BCUT2D eigenvalue weighted by molar-refractivity contribution is 7.09. The Labute approximate surface area is 111 Å². The van der Waals surface area contributed by atoms with Gasteiger partial charge in [0, 0.05) is 30.7 Å². The molecule has 1 fully saturated rings. The van der Waals surface area contributed by atoms with Gasteiger partial charge in [0.15, 0.2) is 0 Å². The summed E-state index contributed by atoms with van der Waals surface area (Å²) in [6.07, 6.45) is 1.57. The van der Waals surface area contributed by atoms with Crippen LogP contribution >= 0.6 is 11.3 Å². The second kappa shape index (κ2) is 5.24. The van der Waals surface area contributed by atoms with E-state index in [-0.39, 0.29) is 12.1 Å². The Bertz CT molecular complexity index is 400. The molecule has 0 radical (unpaired) electrons. The molecule has 1 aromatic heterocycles. The summed E-state index contributed by atoms with van der Waals surface area (Å²) in [7, 11) is 0. The lowest BCUT2D eigenvalue weighted by molar-refractivity contribution is 0.0121. The zero-order valence-corrected chi connectivity index (χ0v) is 11.8. The summed E-state index contributed by atoms with van der Waals surface area (Å²) in [6.45, 7) is 7.87. The SMILES string of the molecule is CC(C)(C)OC(=O)N1CCNCC1c1cncs1. The van der Waals surface area contributed by atoms with Crippen LogP contribution in [0.1, 0.15) is 31.7 Å². The number of hydrogen-bond acceptors (Lipinski definition) is 5. The zero-order chi connectivity index (χ0) is 13.2. The van der Waals surface area contributed by atoms with Gasteiger partial charge in [-0.15, -0.1) is 11.3 Å². The summed E-state index contributed by atoms with van der Waals surface area (Å²) in [5.41, 5.74) is 1.33. The third-order valence-corrected chi connectivity index (χ3v) is 3.53.